The summed E-state index contributed by atoms with van der Waals surface area (Å²) in [6.45, 7) is 4.17. The van der Waals surface area contributed by atoms with Gasteiger partial charge in [0.25, 0.3) is 5.91 Å². The van der Waals surface area contributed by atoms with E-state index in [0.29, 0.717) is 6.04 Å². The lowest BCUT2D eigenvalue weighted by atomic mass is 10.1. The van der Waals surface area contributed by atoms with Crippen LogP contribution >= 0.6 is 23.4 Å². The summed E-state index contributed by atoms with van der Waals surface area (Å²) in [4.78, 5) is 18.6. The quantitative estimate of drug-likeness (QED) is 0.664. The largest absolute Gasteiger partial charge is 0.337 e. The summed E-state index contributed by atoms with van der Waals surface area (Å²) >= 11 is 7.70. The van der Waals surface area contributed by atoms with Crippen molar-refractivity contribution < 1.29 is 4.79 Å². The van der Waals surface area contributed by atoms with E-state index in [-0.39, 0.29) is 5.91 Å². The van der Waals surface area contributed by atoms with Gasteiger partial charge in [-0.15, -0.1) is 11.8 Å². The SMILES string of the molecule is O=C(c1ccc(CSc2ccc(Cl)cc2)cc1)N1CCC(N2CCCC2)C1. The van der Waals surface area contributed by atoms with E-state index in [1.54, 1.807) is 11.8 Å². The van der Waals surface area contributed by atoms with Gasteiger partial charge in [-0.2, -0.15) is 0 Å². The number of hydrogen-bond donors (Lipinski definition) is 0. The van der Waals surface area contributed by atoms with Crippen molar-refractivity contribution in [3.8, 4) is 0 Å². The van der Waals surface area contributed by atoms with Gasteiger partial charge >= 0.3 is 0 Å². The number of benzene rings is 2. The molecular weight excluding hydrogens is 376 g/mol. The highest BCUT2D eigenvalue weighted by molar-refractivity contribution is 7.98. The topological polar surface area (TPSA) is 23.6 Å². The molecule has 0 radical (unpaired) electrons. The standard InChI is InChI=1S/C22H25ClN2OS/c23-19-7-9-21(10-8-19)27-16-17-3-5-18(6-4-17)22(26)25-14-11-20(15-25)24-12-1-2-13-24/h3-10,20H,1-2,11-16H2. The molecule has 2 saturated heterocycles. The van der Waals surface area contributed by atoms with E-state index >= 15 is 0 Å². The molecule has 142 valence electrons. The molecule has 2 heterocycles. The lowest BCUT2D eigenvalue weighted by Crippen LogP contribution is -2.37. The molecule has 0 saturated carbocycles. The summed E-state index contributed by atoms with van der Waals surface area (Å²) in [5, 5.41) is 0.760. The first-order chi connectivity index (χ1) is 13.2. The van der Waals surface area contributed by atoms with Gasteiger partial charge in [0, 0.05) is 40.4 Å². The van der Waals surface area contributed by atoms with Crippen LogP contribution < -0.4 is 0 Å². The van der Waals surface area contributed by atoms with Gasteiger partial charge in [-0.05, 0) is 74.3 Å². The Kier molecular flexibility index (Phi) is 6.06. The van der Waals surface area contributed by atoms with Crippen LogP contribution in [0.2, 0.25) is 5.02 Å². The Morgan fingerprint density at radius 3 is 2.41 bits per heavy atom. The van der Waals surface area contributed by atoms with Crippen molar-refractivity contribution in [3.05, 3.63) is 64.7 Å². The summed E-state index contributed by atoms with van der Waals surface area (Å²) in [5.41, 5.74) is 2.03. The van der Waals surface area contributed by atoms with Crippen molar-refractivity contribution in [2.24, 2.45) is 0 Å². The average molecular weight is 401 g/mol. The lowest BCUT2D eigenvalue weighted by Gasteiger charge is -2.23. The molecule has 1 unspecified atom stereocenters. The molecule has 0 spiro atoms. The maximum absolute atomic E-state index is 12.8. The molecular formula is C22H25ClN2OS. The summed E-state index contributed by atoms with van der Waals surface area (Å²) in [6, 6.07) is 16.6. The Balaban J connectivity index is 1.31. The van der Waals surface area contributed by atoms with Gasteiger partial charge < -0.3 is 4.90 Å². The van der Waals surface area contributed by atoms with Crippen molar-refractivity contribution >= 4 is 29.3 Å². The van der Waals surface area contributed by atoms with E-state index in [2.05, 4.69) is 17.0 Å². The first kappa shape index (κ1) is 18.9. The minimum atomic E-state index is 0.175. The molecule has 1 amide bonds. The number of thioether (sulfide) groups is 1. The fourth-order valence-electron chi connectivity index (χ4n) is 3.95. The van der Waals surface area contributed by atoms with Gasteiger partial charge in [-0.25, -0.2) is 0 Å². The van der Waals surface area contributed by atoms with E-state index < -0.39 is 0 Å². The van der Waals surface area contributed by atoms with E-state index in [4.69, 9.17) is 11.6 Å². The molecule has 0 bridgehead atoms. The molecule has 2 aromatic rings. The highest BCUT2D eigenvalue weighted by Crippen LogP contribution is 2.25. The fourth-order valence-corrected chi connectivity index (χ4v) is 4.93. The smallest absolute Gasteiger partial charge is 0.253 e. The Labute approximate surface area is 170 Å². The molecule has 2 aliphatic heterocycles. The molecule has 5 heteroatoms. The van der Waals surface area contributed by atoms with Gasteiger partial charge in [-0.1, -0.05) is 23.7 Å². The molecule has 1 atom stereocenters. The van der Waals surface area contributed by atoms with Gasteiger partial charge in [0.2, 0.25) is 0 Å². The van der Waals surface area contributed by atoms with Crippen LogP contribution in [0.1, 0.15) is 35.2 Å². The van der Waals surface area contributed by atoms with Crippen LogP contribution in [0.4, 0.5) is 0 Å². The van der Waals surface area contributed by atoms with Crippen molar-refractivity contribution in [1.29, 1.82) is 0 Å². The Bertz CT molecular complexity index is 772. The minimum absolute atomic E-state index is 0.175. The van der Waals surface area contributed by atoms with E-state index in [1.807, 2.05) is 41.3 Å². The Hall–Kier alpha value is -1.49. The third-order valence-electron chi connectivity index (χ3n) is 5.53. The van der Waals surface area contributed by atoms with Gasteiger partial charge in [0.1, 0.15) is 0 Å². The number of amides is 1. The first-order valence-electron chi connectivity index (χ1n) is 9.70. The maximum Gasteiger partial charge on any atom is 0.253 e. The molecule has 4 rings (SSSR count). The van der Waals surface area contributed by atoms with Crippen LogP contribution in [-0.2, 0) is 5.75 Å². The second kappa shape index (κ2) is 8.68. The number of carbonyl (C=O) groups is 1. The summed E-state index contributed by atoms with van der Waals surface area (Å²) < 4.78 is 0. The van der Waals surface area contributed by atoms with Crippen LogP contribution in [0.3, 0.4) is 0 Å². The van der Waals surface area contributed by atoms with Gasteiger partial charge in [-0.3, -0.25) is 9.69 Å². The Morgan fingerprint density at radius 2 is 1.70 bits per heavy atom. The third kappa shape index (κ3) is 4.68. The second-order valence-corrected chi connectivity index (χ2v) is 8.86. The van der Waals surface area contributed by atoms with E-state index in [1.165, 1.54) is 36.4 Å². The van der Waals surface area contributed by atoms with E-state index in [0.717, 1.165) is 35.8 Å². The number of nitrogens with zero attached hydrogens (tertiary/aromatic N) is 2. The number of hydrogen-bond acceptors (Lipinski definition) is 3. The van der Waals surface area contributed by atoms with Crippen LogP contribution in [0.15, 0.2) is 53.4 Å². The number of carbonyl (C=O) groups excluding carboxylic acids is 1. The molecule has 2 fully saturated rings. The molecule has 2 aromatic carbocycles. The average Bonchev–Trinajstić information content (AvgIpc) is 3.39. The van der Waals surface area contributed by atoms with Crippen molar-refractivity contribution in [1.82, 2.24) is 9.80 Å². The zero-order valence-electron chi connectivity index (χ0n) is 15.4. The van der Waals surface area contributed by atoms with Crippen LogP contribution in [0.5, 0.6) is 0 Å². The fraction of sp³-hybridized carbons (Fsp3) is 0.409. The third-order valence-corrected chi connectivity index (χ3v) is 6.86. The van der Waals surface area contributed by atoms with E-state index in [9.17, 15) is 4.79 Å². The monoisotopic (exact) mass is 400 g/mol. The normalized spacial score (nSPS) is 20.3. The molecule has 2 aliphatic rings. The Morgan fingerprint density at radius 1 is 1.00 bits per heavy atom. The molecule has 0 aromatic heterocycles. The van der Waals surface area contributed by atoms with Gasteiger partial charge in [0.05, 0.1) is 0 Å². The van der Waals surface area contributed by atoms with Crippen LogP contribution in [0, 0.1) is 0 Å². The summed E-state index contributed by atoms with van der Waals surface area (Å²) in [7, 11) is 0. The highest BCUT2D eigenvalue weighted by Gasteiger charge is 2.31. The zero-order chi connectivity index (χ0) is 18.6. The van der Waals surface area contributed by atoms with Crippen LogP contribution in [-0.4, -0.2) is 47.9 Å². The summed E-state index contributed by atoms with van der Waals surface area (Å²) in [6.07, 6.45) is 3.72. The first-order valence-corrected chi connectivity index (χ1v) is 11.1. The van der Waals surface area contributed by atoms with Crippen LogP contribution in [0.25, 0.3) is 0 Å². The molecule has 0 aliphatic carbocycles. The van der Waals surface area contributed by atoms with Crippen molar-refractivity contribution in [3.63, 3.8) is 0 Å². The predicted molar refractivity (Wildman–Crippen MR) is 113 cm³/mol. The molecule has 0 N–H and O–H groups in total. The van der Waals surface area contributed by atoms with Crippen molar-refractivity contribution in [2.75, 3.05) is 26.2 Å². The number of rotatable bonds is 5. The molecule has 3 nitrogen and oxygen atoms in total. The minimum Gasteiger partial charge on any atom is -0.337 e. The molecule has 27 heavy (non-hydrogen) atoms. The van der Waals surface area contributed by atoms with Crippen molar-refractivity contribution in [2.45, 2.75) is 36.0 Å². The second-order valence-electron chi connectivity index (χ2n) is 7.38. The number of halogens is 1. The number of likely N-dealkylation sites (tertiary alicyclic amines) is 2. The lowest BCUT2D eigenvalue weighted by molar-refractivity contribution is 0.0780. The zero-order valence-corrected chi connectivity index (χ0v) is 17.0. The summed E-state index contributed by atoms with van der Waals surface area (Å²) in [5.74, 6) is 1.06. The predicted octanol–water partition coefficient (Wildman–Crippen LogP) is 4.94. The highest BCUT2D eigenvalue weighted by atomic mass is 35.5. The van der Waals surface area contributed by atoms with Gasteiger partial charge in [0.15, 0.2) is 0 Å². The maximum atomic E-state index is 12.8.